The number of aromatic nitrogens is 2. The van der Waals surface area contributed by atoms with Crippen LogP contribution in [-0.4, -0.2) is 28.7 Å². The number of carbonyl (C=O) groups excluding carboxylic acids is 1. The van der Waals surface area contributed by atoms with Crippen LogP contribution in [0, 0.1) is 0 Å². The zero-order valence-corrected chi connectivity index (χ0v) is 20.0. The minimum atomic E-state index is -4.59. The van der Waals surface area contributed by atoms with E-state index in [0.29, 0.717) is 26.9 Å². The van der Waals surface area contributed by atoms with Gasteiger partial charge in [0.15, 0.2) is 6.61 Å². The van der Waals surface area contributed by atoms with Gasteiger partial charge >= 0.3 is 6.18 Å². The number of amides is 1. The van der Waals surface area contributed by atoms with Gasteiger partial charge in [0.2, 0.25) is 5.95 Å². The molecule has 4 aromatic rings. The number of carbonyl (C=O) groups is 1. The molecule has 0 fully saturated rings. The van der Waals surface area contributed by atoms with Crippen LogP contribution >= 0.6 is 39.1 Å². The van der Waals surface area contributed by atoms with Crippen LogP contribution in [-0.2, 0) is 0 Å². The van der Waals surface area contributed by atoms with Gasteiger partial charge in [-0.15, -0.1) is 0 Å². The molecule has 0 aliphatic heterocycles. The first-order valence-electron chi connectivity index (χ1n) is 9.60. The van der Waals surface area contributed by atoms with Gasteiger partial charge in [0.05, 0.1) is 32.3 Å². The maximum Gasteiger partial charge on any atom is 0.422 e. The molecule has 3 N–H and O–H groups in total. The average molecular weight is 574 g/mol. The molecule has 34 heavy (non-hydrogen) atoms. The number of anilines is 3. The zero-order chi connectivity index (χ0) is 24.5. The number of nitrogens with zero attached hydrogens (tertiary/aromatic N) is 1. The van der Waals surface area contributed by atoms with E-state index in [9.17, 15) is 18.0 Å². The highest BCUT2D eigenvalue weighted by atomic mass is 79.9. The molecule has 6 nitrogen and oxygen atoms in total. The van der Waals surface area contributed by atoms with Crippen LogP contribution in [0.1, 0.15) is 10.4 Å². The van der Waals surface area contributed by atoms with Crippen LogP contribution in [0.2, 0.25) is 10.0 Å². The summed E-state index contributed by atoms with van der Waals surface area (Å²) in [4.78, 5) is 20.2. The van der Waals surface area contributed by atoms with Crippen molar-refractivity contribution in [3.63, 3.8) is 0 Å². The van der Waals surface area contributed by atoms with Crippen molar-refractivity contribution in [2.24, 2.45) is 0 Å². The summed E-state index contributed by atoms with van der Waals surface area (Å²) in [6.45, 7) is -1.57. The van der Waals surface area contributed by atoms with Gasteiger partial charge in [-0.25, -0.2) is 4.98 Å². The Bertz CT molecular complexity index is 1340. The standard InChI is InChI=1S/C22H14BrCl2F3N4O2/c23-11-4-6-12(7-5-11)29-20(33)13-8-16-17(9-18(13)34-10-22(26,27)28)31-21(30-16)32-19-14(24)2-1-3-15(19)25/h1-9H,10H2,(H,29,33)(H2,30,31,32). The molecule has 0 atom stereocenters. The van der Waals surface area contributed by atoms with E-state index in [0.717, 1.165) is 4.47 Å². The molecule has 0 bridgehead atoms. The third-order valence-corrected chi connectivity index (χ3v) is 5.69. The number of fused-ring (bicyclic) bond motifs is 1. The Hall–Kier alpha value is -2.95. The van der Waals surface area contributed by atoms with Gasteiger partial charge in [-0.1, -0.05) is 45.2 Å². The molecular formula is C22H14BrCl2F3N4O2. The maximum absolute atomic E-state index is 12.9. The van der Waals surface area contributed by atoms with Crippen molar-refractivity contribution in [3.8, 4) is 5.75 Å². The molecule has 0 aliphatic carbocycles. The molecule has 1 heterocycles. The number of imidazole rings is 1. The molecule has 0 saturated heterocycles. The molecule has 0 spiro atoms. The SMILES string of the molecule is O=C(Nc1ccc(Br)cc1)c1cc2[nH]c(Nc3c(Cl)cccc3Cl)nc2cc1OCC(F)(F)F. The van der Waals surface area contributed by atoms with Crippen molar-refractivity contribution >= 4 is 73.4 Å². The Labute approximate surface area is 209 Å². The van der Waals surface area contributed by atoms with Crippen LogP contribution in [0.3, 0.4) is 0 Å². The molecule has 3 aromatic carbocycles. The largest absolute Gasteiger partial charge is 0.483 e. The highest BCUT2D eigenvalue weighted by molar-refractivity contribution is 9.10. The molecular weight excluding hydrogens is 560 g/mol. The van der Waals surface area contributed by atoms with E-state index in [4.69, 9.17) is 27.9 Å². The number of hydrogen-bond acceptors (Lipinski definition) is 4. The predicted octanol–water partition coefficient (Wildman–Crippen LogP) is 7.57. The monoisotopic (exact) mass is 572 g/mol. The second-order valence-electron chi connectivity index (χ2n) is 7.04. The Morgan fingerprint density at radius 1 is 1.09 bits per heavy atom. The number of benzene rings is 3. The van der Waals surface area contributed by atoms with Crippen LogP contribution < -0.4 is 15.4 Å². The number of ether oxygens (including phenoxy) is 1. The summed E-state index contributed by atoms with van der Waals surface area (Å²) in [7, 11) is 0. The lowest BCUT2D eigenvalue weighted by molar-refractivity contribution is -0.153. The van der Waals surface area contributed by atoms with Crippen molar-refractivity contribution in [1.82, 2.24) is 9.97 Å². The molecule has 0 aliphatic rings. The van der Waals surface area contributed by atoms with E-state index in [2.05, 4.69) is 36.5 Å². The van der Waals surface area contributed by atoms with Crippen molar-refractivity contribution in [3.05, 3.63) is 74.7 Å². The fourth-order valence-corrected chi connectivity index (χ4v) is 3.78. The van der Waals surface area contributed by atoms with Gasteiger partial charge in [-0.05, 0) is 42.5 Å². The van der Waals surface area contributed by atoms with Crippen LogP contribution in [0.15, 0.2) is 59.1 Å². The minimum absolute atomic E-state index is 0.106. The summed E-state index contributed by atoms with van der Waals surface area (Å²) in [5, 5.41) is 6.27. The Morgan fingerprint density at radius 3 is 2.41 bits per heavy atom. The first-order valence-corrected chi connectivity index (χ1v) is 11.2. The molecule has 4 rings (SSSR count). The number of rotatable bonds is 6. The van der Waals surface area contributed by atoms with Gasteiger partial charge < -0.3 is 20.4 Å². The molecule has 0 saturated carbocycles. The van der Waals surface area contributed by atoms with E-state index in [1.807, 2.05) is 0 Å². The first-order chi connectivity index (χ1) is 16.1. The zero-order valence-electron chi connectivity index (χ0n) is 16.9. The average Bonchev–Trinajstić information content (AvgIpc) is 3.17. The number of hydrogen-bond donors (Lipinski definition) is 3. The Balaban J connectivity index is 1.70. The maximum atomic E-state index is 12.9. The van der Waals surface area contributed by atoms with Crippen molar-refractivity contribution in [2.45, 2.75) is 6.18 Å². The lowest BCUT2D eigenvalue weighted by Gasteiger charge is -2.13. The van der Waals surface area contributed by atoms with E-state index in [-0.39, 0.29) is 22.8 Å². The van der Waals surface area contributed by atoms with E-state index in [1.165, 1.54) is 12.1 Å². The van der Waals surface area contributed by atoms with Crippen molar-refractivity contribution < 1.29 is 22.7 Å². The molecule has 0 unspecified atom stereocenters. The van der Waals surface area contributed by atoms with Gasteiger partial charge in [-0.2, -0.15) is 13.2 Å². The van der Waals surface area contributed by atoms with E-state index in [1.54, 1.807) is 42.5 Å². The Kier molecular flexibility index (Phi) is 6.92. The number of aromatic amines is 1. The van der Waals surface area contributed by atoms with Crippen molar-refractivity contribution in [2.75, 3.05) is 17.2 Å². The third-order valence-electron chi connectivity index (χ3n) is 4.53. The summed E-state index contributed by atoms with van der Waals surface area (Å²) in [6.07, 6.45) is -4.59. The summed E-state index contributed by atoms with van der Waals surface area (Å²) in [5.41, 5.74) is 1.39. The molecule has 1 amide bonds. The fourth-order valence-electron chi connectivity index (χ4n) is 3.02. The highest BCUT2D eigenvalue weighted by Crippen LogP contribution is 2.34. The highest BCUT2D eigenvalue weighted by Gasteiger charge is 2.29. The molecule has 1 aromatic heterocycles. The number of para-hydroxylation sites is 1. The third kappa shape index (κ3) is 5.75. The fraction of sp³-hybridized carbons (Fsp3) is 0.0909. The smallest absolute Gasteiger partial charge is 0.422 e. The first kappa shape index (κ1) is 24.2. The number of nitrogens with one attached hydrogen (secondary N) is 3. The normalized spacial score (nSPS) is 11.5. The minimum Gasteiger partial charge on any atom is -0.483 e. The van der Waals surface area contributed by atoms with Crippen LogP contribution in [0.5, 0.6) is 5.75 Å². The van der Waals surface area contributed by atoms with E-state index < -0.39 is 18.7 Å². The summed E-state index contributed by atoms with van der Waals surface area (Å²) in [6, 6.07) is 14.3. The number of H-pyrrole nitrogens is 1. The van der Waals surface area contributed by atoms with Gasteiger partial charge in [0, 0.05) is 16.2 Å². The van der Waals surface area contributed by atoms with Crippen LogP contribution in [0.4, 0.5) is 30.5 Å². The summed E-state index contributed by atoms with van der Waals surface area (Å²) < 4.78 is 44.2. The molecule has 0 radical (unpaired) electrons. The second kappa shape index (κ2) is 9.73. The van der Waals surface area contributed by atoms with Gasteiger partial charge in [-0.3, -0.25) is 4.79 Å². The summed E-state index contributed by atoms with van der Waals surface area (Å²) in [5.74, 6) is -0.704. The van der Waals surface area contributed by atoms with Crippen LogP contribution in [0.25, 0.3) is 11.0 Å². The van der Waals surface area contributed by atoms with Gasteiger partial charge in [0.25, 0.3) is 5.91 Å². The lowest BCUT2D eigenvalue weighted by Crippen LogP contribution is -2.21. The predicted molar refractivity (Wildman–Crippen MR) is 129 cm³/mol. The second-order valence-corrected chi connectivity index (χ2v) is 8.77. The van der Waals surface area contributed by atoms with Gasteiger partial charge in [0.1, 0.15) is 5.75 Å². The number of alkyl halides is 3. The molecule has 176 valence electrons. The Morgan fingerprint density at radius 2 is 1.76 bits per heavy atom. The van der Waals surface area contributed by atoms with E-state index >= 15 is 0 Å². The van der Waals surface area contributed by atoms with Crippen molar-refractivity contribution in [1.29, 1.82) is 0 Å². The lowest BCUT2D eigenvalue weighted by atomic mass is 10.1. The quantitative estimate of drug-likeness (QED) is 0.222. The number of halogens is 6. The topological polar surface area (TPSA) is 79.0 Å². The molecule has 12 heteroatoms. The summed E-state index contributed by atoms with van der Waals surface area (Å²) >= 11 is 15.6.